The lowest BCUT2D eigenvalue weighted by Crippen LogP contribution is -2.37. The van der Waals surface area contributed by atoms with Crippen LogP contribution in [0.15, 0.2) is 24.3 Å². The molecule has 0 unspecified atom stereocenters. The van der Waals surface area contributed by atoms with Crippen LogP contribution in [0.3, 0.4) is 0 Å². The number of carbonyl (C=O) groups excluding carboxylic acids is 2. The highest BCUT2D eigenvalue weighted by atomic mass is 35.5. The van der Waals surface area contributed by atoms with E-state index in [9.17, 15) is 9.59 Å². The maximum atomic E-state index is 11.2. The summed E-state index contributed by atoms with van der Waals surface area (Å²) in [5.74, 6) is 0.241. The van der Waals surface area contributed by atoms with Gasteiger partial charge in [-0.15, -0.1) is 0 Å². The first-order valence-electron chi connectivity index (χ1n) is 6.14. The number of carbonyl (C=O) groups is 2. The van der Waals surface area contributed by atoms with Crippen molar-refractivity contribution in [1.82, 2.24) is 10.2 Å². The summed E-state index contributed by atoms with van der Waals surface area (Å²) in [5.41, 5.74) is 4.84. The lowest BCUT2D eigenvalue weighted by molar-refractivity contribution is -0.120. The van der Waals surface area contributed by atoms with Gasteiger partial charge >= 0.3 is 6.03 Å². The second kappa shape index (κ2) is 8.39. The Hall–Kier alpha value is -1.79. The number of amides is 3. The molecular weight excluding hydrogens is 282 g/mol. The third kappa shape index (κ3) is 6.40. The van der Waals surface area contributed by atoms with Gasteiger partial charge in [0.05, 0.1) is 5.02 Å². The van der Waals surface area contributed by atoms with E-state index in [2.05, 4.69) is 0 Å². The normalized spacial score (nSPS) is 10.3. The molecule has 3 N–H and O–H groups in total. The number of rotatable bonds is 7. The molecule has 0 spiro atoms. The van der Waals surface area contributed by atoms with Gasteiger partial charge in [0, 0.05) is 19.5 Å². The van der Waals surface area contributed by atoms with Crippen LogP contribution < -0.4 is 15.8 Å². The number of nitrogens with two attached hydrogens (primary N) is 1. The van der Waals surface area contributed by atoms with Gasteiger partial charge in [-0.05, 0) is 19.2 Å². The number of nitrogens with zero attached hydrogens (tertiary/aromatic N) is 1. The zero-order valence-corrected chi connectivity index (χ0v) is 12.0. The zero-order valence-electron chi connectivity index (χ0n) is 11.3. The number of hydrogen-bond donors (Lipinski definition) is 2. The van der Waals surface area contributed by atoms with Gasteiger partial charge in [0.25, 0.3) is 0 Å². The molecule has 0 aliphatic heterocycles. The molecule has 1 aromatic carbocycles. The summed E-state index contributed by atoms with van der Waals surface area (Å²) in [6.07, 6.45) is 0.200. The van der Waals surface area contributed by atoms with Crippen LogP contribution in [0.25, 0.3) is 0 Å². The molecule has 0 saturated carbocycles. The highest BCUT2D eigenvalue weighted by molar-refractivity contribution is 6.32. The molecule has 0 saturated heterocycles. The van der Waals surface area contributed by atoms with Gasteiger partial charge in [0.15, 0.2) is 0 Å². The number of halogens is 1. The topological polar surface area (TPSA) is 84.7 Å². The predicted molar refractivity (Wildman–Crippen MR) is 76.8 cm³/mol. The molecule has 1 aromatic rings. The molecule has 0 aliphatic rings. The van der Waals surface area contributed by atoms with Gasteiger partial charge in [0.2, 0.25) is 5.91 Å². The van der Waals surface area contributed by atoms with Gasteiger partial charge in [-0.1, -0.05) is 23.7 Å². The molecule has 0 atom stereocenters. The molecule has 110 valence electrons. The van der Waals surface area contributed by atoms with Crippen molar-refractivity contribution in [3.05, 3.63) is 29.3 Å². The minimum Gasteiger partial charge on any atom is -0.491 e. The van der Waals surface area contributed by atoms with Crippen molar-refractivity contribution in [2.45, 2.75) is 6.42 Å². The molecule has 0 bridgehead atoms. The summed E-state index contributed by atoms with van der Waals surface area (Å²) < 4.78 is 5.53. The number of urea groups is 1. The van der Waals surface area contributed by atoms with Crippen LogP contribution in [0.2, 0.25) is 5.02 Å². The van der Waals surface area contributed by atoms with E-state index in [0.29, 0.717) is 30.5 Å². The molecule has 0 aromatic heterocycles. The SMILES string of the molecule is CN(CCOc1ccccc1Cl)CCC(=O)NC(N)=O. The smallest absolute Gasteiger partial charge is 0.318 e. The summed E-state index contributed by atoms with van der Waals surface area (Å²) in [6, 6.07) is 6.40. The second-order valence-electron chi connectivity index (χ2n) is 4.24. The average Bonchev–Trinajstić information content (AvgIpc) is 2.38. The third-order valence-corrected chi connectivity index (χ3v) is 2.86. The monoisotopic (exact) mass is 299 g/mol. The summed E-state index contributed by atoms with van der Waals surface area (Å²) in [4.78, 5) is 23.6. The van der Waals surface area contributed by atoms with E-state index in [0.717, 1.165) is 0 Å². The lowest BCUT2D eigenvalue weighted by Gasteiger charge is -2.16. The number of para-hydroxylation sites is 1. The van der Waals surface area contributed by atoms with Crippen molar-refractivity contribution < 1.29 is 14.3 Å². The fraction of sp³-hybridized carbons (Fsp3) is 0.385. The fourth-order valence-corrected chi connectivity index (χ4v) is 1.67. The van der Waals surface area contributed by atoms with E-state index in [-0.39, 0.29) is 6.42 Å². The molecule has 0 heterocycles. The maximum Gasteiger partial charge on any atom is 0.318 e. The van der Waals surface area contributed by atoms with Crippen LogP contribution in [-0.2, 0) is 4.79 Å². The van der Waals surface area contributed by atoms with Crippen LogP contribution >= 0.6 is 11.6 Å². The van der Waals surface area contributed by atoms with E-state index >= 15 is 0 Å². The Kier molecular flexibility index (Phi) is 6.83. The standard InChI is InChI=1S/C13H18ClN3O3/c1-17(7-6-12(18)16-13(15)19)8-9-20-11-5-3-2-4-10(11)14/h2-5H,6-9H2,1H3,(H3,15,16,18,19). The summed E-state index contributed by atoms with van der Waals surface area (Å²) in [5, 5.41) is 2.58. The second-order valence-corrected chi connectivity index (χ2v) is 4.65. The lowest BCUT2D eigenvalue weighted by atomic mass is 10.3. The Morgan fingerprint density at radius 3 is 2.70 bits per heavy atom. The summed E-state index contributed by atoms with van der Waals surface area (Å²) >= 11 is 5.96. The van der Waals surface area contributed by atoms with Crippen molar-refractivity contribution >= 4 is 23.5 Å². The highest BCUT2D eigenvalue weighted by Gasteiger charge is 2.07. The molecule has 3 amide bonds. The maximum absolute atomic E-state index is 11.2. The van der Waals surface area contributed by atoms with Gasteiger partial charge < -0.3 is 15.4 Å². The predicted octanol–water partition coefficient (Wildman–Crippen LogP) is 1.24. The number of primary amides is 1. The first kappa shape index (κ1) is 16.3. The van der Waals surface area contributed by atoms with E-state index in [1.807, 2.05) is 29.4 Å². The molecule has 0 aliphatic carbocycles. The van der Waals surface area contributed by atoms with Crippen LogP contribution in [0.5, 0.6) is 5.75 Å². The number of ether oxygens (including phenoxy) is 1. The van der Waals surface area contributed by atoms with Crippen molar-refractivity contribution in [3.63, 3.8) is 0 Å². The first-order chi connectivity index (χ1) is 9.49. The molecule has 20 heavy (non-hydrogen) atoms. The molecule has 6 nitrogen and oxygen atoms in total. The Bertz CT molecular complexity index is 468. The zero-order chi connectivity index (χ0) is 15.0. The van der Waals surface area contributed by atoms with E-state index in [1.54, 1.807) is 12.1 Å². The quantitative estimate of drug-likeness (QED) is 0.793. The fourth-order valence-electron chi connectivity index (χ4n) is 1.48. The van der Waals surface area contributed by atoms with Crippen LogP contribution in [0.1, 0.15) is 6.42 Å². The van der Waals surface area contributed by atoms with Crippen LogP contribution in [-0.4, -0.2) is 43.6 Å². The van der Waals surface area contributed by atoms with Gasteiger partial charge in [0.1, 0.15) is 12.4 Å². The molecular formula is C13H18ClN3O3. The van der Waals surface area contributed by atoms with E-state index in [1.165, 1.54) is 0 Å². The van der Waals surface area contributed by atoms with Crippen molar-refractivity contribution in [3.8, 4) is 5.75 Å². The third-order valence-electron chi connectivity index (χ3n) is 2.55. The molecule has 0 fully saturated rings. The summed E-state index contributed by atoms with van der Waals surface area (Å²) in [6.45, 7) is 1.59. The van der Waals surface area contributed by atoms with Crippen LogP contribution in [0, 0.1) is 0 Å². The first-order valence-corrected chi connectivity index (χ1v) is 6.52. The molecule has 1 rings (SSSR count). The Balaban J connectivity index is 2.20. The number of benzene rings is 1. The molecule has 0 radical (unpaired) electrons. The van der Waals surface area contributed by atoms with E-state index in [4.69, 9.17) is 22.1 Å². The number of imide groups is 1. The van der Waals surface area contributed by atoms with E-state index < -0.39 is 11.9 Å². The average molecular weight is 300 g/mol. The van der Waals surface area contributed by atoms with Crippen LogP contribution in [0.4, 0.5) is 4.79 Å². The largest absolute Gasteiger partial charge is 0.491 e. The Morgan fingerprint density at radius 2 is 2.05 bits per heavy atom. The number of hydrogen-bond acceptors (Lipinski definition) is 4. The minimum absolute atomic E-state index is 0.200. The molecule has 7 heteroatoms. The highest BCUT2D eigenvalue weighted by Crippen LogP contribution is 2.22. The van der Waals surface area contributed by atoms with Gasteiger partial charge in [-0.25, -0.2) is 4.79 Å². The Morgan fingerprint density at radius 1 is 1.35 bits per heavy atom. The summed E-state index contributed by atoms with van der Waals surface area (Å²) in [7, 11) is 1.85. The van der Waals surface area contributed by atoms with Crippen molar-refractivity contribution in [1.29, 1.82) is 0 Å². The minimum atomic E-state index is -0.834. The van der Waals surface area contributed by atoms with Gasteiger partial charge in [-0.3, -0.25) is 10.1 Å². The Labute approximate surface area is 122 Å². The van der Waals surface area contributed by atoms with Crippen molar-refractivity contribution in [2.24, 2.45) is 5.73 Å². The van der Waals surface area contributed by atoms with Gasteiger partial charge in [-0.2, -0.15) is 0 Å². The number of nitrogens with one attached hydrogen (secondary N) is 1. The van der Waals surface area contributed by atoms with Crippen molar-refractivity contribution in [2.75, 3.05) is 26.7 Å². The number of likely N-dealkylation sites (N-methyl/N-ethyl adjacent to an activating group) is 1.